The number of fused-ring (bicyclic) bond motifs is 7. The standard InChI is InChI=1S/C38H37N2O/c1-22-15-24(3)35-30(17-22)21-31-18-23(2)16-25(4)36(31)40-34-14-11-28(20-32(34)38(41)37(35)40)9-8-27-10-13-33-29(19-27)12-7-26(5)39(33)6/h8-11,13-20,26H,7,12,21H2,1-6H3/q+1/b9-8+. The van der Waals surface area contributed by atoms with Crippen molar-refractivity contribution in [3.8, 4) is 0 Å². The Labute approximate surface area is 243 Å². The molecule has 0 saturated heterocycles. The van der Waals surface area contributed by atoms with E-state index in [9.17, 15) is 4.79 Å². The molecule has 204 valence electrons. The number of rotatable bonds is 2. The van der Waals surface area contributed by atoms with Crippen LogP contribution in [0.5, 0.6) is 0 Å². The van der Waals surface area contributed by atoms with Crippen LogP contribution in [0.3, 0.4) is 0 Å². The van der Waals surface area contributed by atoms with Crippen molar-refractivity contribution in [2.24, 2.45) is 0 Å². The maximum atomic E-state index is 14.3. The molecule has 3 aliphatic rings. The maximum Gasteiger partial charge on any atom is 0.268 e. The van der Waals surface area contributed by atoms with Crippen LogP contribution in [0.15, 0.2) is 60.7 Å². The lowest BCUT2D eigenvalue weighted by Crippen LogP contribution is -2.33. The largest absolute Gasteiger partial charge is 0.372 e. The quantitative estimate of drug-likeness (QED) is 0.190. The van der Waals surface area contributed by atoms with E-state index in [0.717, 1.165) is 52.2 Å². The number of nitrogens with zero attached hydrogens (tertiary/aromatic N) is 2. The van der Waals surface area contributed by atoms with E-state index in [2.05, 4.69) is 124 Å². The summed E-state index contributed by atoms with van der Waals surface area (Å²) in [6.45, 7) is 10.9. The summed E-state index contributed by atoms with van der Waals surface area (Å²) in [5.41, 5.74) is 17.2. The number of aryl methyl sites for hydroxylation is 5. The lowest BCUT2D eigenvalue weighted by atomic mass is 9.89. The Morgan fingerprint density at radius 1 is 0.805 bits per heavy atom. The van der Waals surface area contributed by atoms with E-state index < -0.39 is 0 Å². The molecule has 0 amide bonds. The number of hydrogen-bond donors (Lipinski definition) is 0. The summed E-state index contributed by atoms with van der Waals surface area (Å²) < 4.78 is 2.25. The molecule has 3 heteroatoms. The van der Waals surface area contributed by atoms with Gasteiger partial charge in [0.15, 0.2) is 0 Å². The second-order valence-electron chi connectivity index (χ2n) is 12.4. The van der Waals surface area contributed by atoms with Gasteiger partial charge in [-0.15, -0.1) is 4.58 Å². The Morgan fingerprint density at radius 3 is 2.27 bits per heavy atom. The van der Waals surface area contributed by atoms with Crippen molar-refractivity contribution in [1.82, 2.24) is 4.58 Å². The summed E-state index contributed by atoms with van der Waals surface area (Å²) >= 11 is 0. The van der Waals surface area contributed by atoms with Gasteiger partial charge in [0.05, 0.1) is 5.56 Å². The number of ketones is 1. The van der Waals surface area contributed by atoms with Crippen LogP contribution in [0, 0.1) is 27.7 Å². The number of Topliss-reactive ketones (excluding diaryl/α,β-unsaturated/α-hetero) is 1. The molecule has 4 aromatic rings. The van der Waals surface area contributed by atoms with Gasteiger partial charge < -0.3 is 4.90 Å². The first-order valence-electron chi connectivity index (χ1n) is 14.8. The van der Waals surface area contributed by atoms with Crippen LogP contribution in [0.4, 0.5) is 17.1 Å². The molecular weight excluding hydrogens is 500 g/mol. The molecule has 3 nitrogen and oxygen atoms in total. The van der Waals surface area contributed by atoms with Crippen LogP contribution in [0.25, 0.3) is 12.2 Å². The molecule has 0 aliphatic carbocycles. The Bertz CT molecular complexity index is 1860. The van der Waals surface area contributed by atoms with Crippen molar-refractivity contribution in [3.05, 3.63) is 122 Å². The van der Waals surface area contributed by atoms with Crippen molar-refractivity contribution >= 4 is 40.7 Å². The smallest absolute Gasteiger partial charge is 0.268 e. The Balaban J connectivity index is 1.32. The van der Waals surface area contributed by atoms with Gasteiger partial charge in [0.25, 0.3) is 11.5 Å². The zero-order valence-electron chi connectivity index (χ0n) is 24.9. The summed E-state index contributed by atoms with van der Waals surface area (Å²) in [4.78, 5) is 16.7. The molecule has 0 saturated carbocycles. The molecule has 0 spiro atoms. The molecule has 1 unspecified atom stereocenters. The van der Waals surface area contributed by atoms with Crippen molar-refractivity contribution < 1.29 is 4.79 Å². The SMILES string of the molecule is Cc1cc(C)c2c(c1)Cc1cc(C)cc(C)c1[N+]1=C2C(=O)c2cc(/C=C/c3ccc4c(c3)CCC(C)N4C)ccc21. The number of hydrogen-bond acceptors (Lipinski definition) is 2. The van der Waals surface area contributed by atoms with Crippen molar-refractivity contribution in [3.63, 3.8) is 0 Å². The monoisotopic (exact) mass is 537 g/mol. The van der Waals surface area contributed by atoms with E-state index in [1.54, 1.807) is 0 Å². The van der Waals surface area contributed by atoms with E-state index >= 15 is 0 Å². The minimum atomic E-state index is 0.113. The zero-order chi connectivity index (χ0) is 28.6. The molecule has 3 heterocycles. The lowest BCUT2D eigenvalue weighted by molar-refractivity contribution is 0.106. The minimum absolute atomic E-state index is 0.113. The first-order valence-corrected chi connectivity index (χ1v) is 14.8. The van der Waals surface area contributed by atoms with Crippen LogP contribution in [0.2, 0.25) is 0 Å². The number of carbonyl (C=O) groups is 1. The van der Waals surface area contributed by atoms with E-state index in [0.29, 0.717) is 6.04 Å². The van der Waals surface area contributed by atoms with Crippen LogP contribution in [-0.2, 0) is 12.8 Å². The Hall–Kier alpha value is -4.24. The molecule has 0 bridgehead atoms. The van der Waals surface area contributed by atoms with E-state index in [1.165, 1.54) is 51.1 Å². The molecule has 0 fully saturated rings. The highest BCUT2D eigenvalue weighted by Gasteiger charge is 2.45. The second kappa shape index (κ2) is 9.41. The van der Waals surface area contributed by atoms with Crippen LogP contribution >= 0.6 is 0 Å². The predicted molar refractivity (Wildman–Crippen MR) is 173 cm³/mol. The average Bonchev–Trinajstić information content (AvgIpc) is 3.10. The third-order valence-corrected chi connectivity index (χ3v) is 9.32. The first-order chi connectivity index (χ1) is 19.7. The van der Waals surface area contributed by atoms with Gasteiger partial charge in [-0.05, 0) is 112 Å². The van der Waals surface area contributed by atoms with Gasteiger partial charge in [0.2, 0.25) is 11.4 Å². The molecular formula is C38H37N2O+. The highest BCUT2D eigenvalue weighted by molar-refractivity contribution is 6.56. The normalized spacial score (nSPS) is 17.3. The third kappa shape index (κ3) is 4.10. The molecule has 1 atom stereocenters. The second-order valence-corrected chi connectivity index (χ2v) is 12.4. The van der Waals surface area contributed by atoms with Crippen LogP contribution in [-0.4, -0.2) is 24.6 Å². The topological polar surface area (TPSA) is 23.3 Å². The summed E-state index contributed by atoms with van der Waals surface area (Å²) in [5.74, 6) is 0.113. The molecule has 3 aliphatic heterocycles. The van der Waals surface area contributed by atoms with Gasteiger partial charge in [0, 0.05) is 42.4 Å². The molecule has 0 radical (unpaired) electrons. The van der Waals surface area contributed by atoms with Gasteiger partial charge in [-0.25, -0.2) is 0 Å². The van der Waals surface area contributed by atoms with Gasteiger partial charge >= 0.3 is 0 Å². The zero-order valence-corrected chi connectivity index (χ0v) is 24.9. The first kappa shape index (κ1) is 25.7. The molecule has 0 N–H and O–H groups in total. The minimum Gasteiger partial charge on any atom is -0.372 e. The van der Waals surface area contributed by atoms with Gasteiger partial charge in [-0.3, -0.25) is 4.79 Å². The molecule has 0 aromatic heterocycles. The summed E-state index contributed by atoms with van der Waals surface area (Å²) in [7, 11) is 2.19. The van der Waals surface area contributed by atoms with E-state index in [-0.39, 0.29) is 5.78 Å². The van der Waals surface area contributed by atoms with Crippen molar-refractivity contribution in [1.29, 1.82) is 0 Å². The van der Waals surface area contributed by atoms with Gasteiger partial charge in [0.1, 0.15) is 5.56 Å². The summed E-state index contributed by atoms with van der Waals surface area (Å²) in [6, 6.07) is 22.7. The highest BCUT2D eigenvalue weighted by atomic mass is 16.1. The highest BCUT2D eigenvalue weighted by Crippen LogP contribution is 2.42. The van der Waals surface area contributed by atoms with Crippen molar-refractivity contribution in [2.45, 2.75) is 59.9 Å². The number of benzene rings is 4. The number of anilines is 1. The van der Waals surface area contributed by atoms with E-state index in [4.69, 9.17) is 0 Å². The Morgan fingerprint density at radius 2 is 1.49 bits per heavy atom. The summed E-state index contributed by atoms with van der Waals surface area (Å²) in [6.07, 6.45) is 7.45. The maximum absolute atomic E-state index is 14.3. The number of carbonyl (C=O) groups excluding carboxylic acids is 1. The Kier molecular flexibility index (Phi) is 5.90. The predicted octanol–water partition coefficient (Wildman–Crippen LogP) is 8.29. The van der Waals surface area contributed by atoms with Gasteiger partial charge in [-0.2, -0.15) is 0 Å². The third-order valence-electron chi connectivity index (χ3n) is 9.32. The fraction of sp³-hybridized carbons (Fsp3) is 0.263. The fourth-order valence-electron chi connectivity index (χ4n) is 7.32. The van der Waals surface area contributed by atoms with Gasteiger partial charge in [-0.1, -0.05) is 41.5 Å². The fourth-order valence-corrected chi connectivity index (χ4v) is 7.32. The molecule has 4 aromatic carbocycles. The van der Waals surface area contributed by atoms with Crippen LogP contribution in [0.1, 0.15) is 79.3 Å². The van der Waals surface area contributed by atoms with Crippen LogP contribution < -0.4 is 9.48 Å². The molecule has 41 heavy (non-hydrogen) atoms. The lowest BCUT2D eigenvalue weighted by Gasteiger charge is -2.34. The van der Waals surface area contributed by atoms with E-state index in [1.807, 2.05) is 0 Å². The average molecular weight is 538 g/mol. The molecule has 7 rings (SSSR count). The van der Waals surface area contributed by atoms with Crippen molar-refractivity contribution in [2.75, 3.05) is 11.9 Å². The summed E-state index contributed by atoms with van der Waals surface area (Å²) in [5, 5.41) is 0.